The Morgan fingerprint density at radius 3 is 2.56 bits per heavy atom. The van der Waals surface area contributed by atoms with Crippen LogP contribution in [0.2, 0.25) is 0 Å². The number of hydrogen-bond acceptors (Lipinski definition) is 2. The number of halogens is 4. The Kier molecular flexibility index (Phi) is 4.98. The molecule has 2 nitrogen and oxygen atoms in total. The molecule has 0 amide bonds. The quantitative estimate of drug-likeness (QED) is 0.850. The standard InChI is InChI=1S/C11H11BrF3NOS/c1-6-4-7(12)2-3-9(6)17-5-8(10(16)18)11(13,14)15/h2-4,8H,5H2,1H3,(H2,16,18). The minimum absolute atomic E-state index is 0.378. The van der Waals surface area contributed by atoms with Crippen molar-refractivity contribution in [2.75, 3.05) is 6.61 Å². The van der Waals surface area contributed by atoms with Crippen molar-refractivity contribution in [3.05, 3.63) is 28.2 Å². The number of benzene rings is 1. The number of hydrogen-bond donors (Lipinski definition) is 1. The molecule has 1 aromatic rings. The Balaban J connectivity index is 2.77. The van der Waals surface area contributed by atoms with Gasteiger partial charge in [0, 0.05) is 4.47 Å². The number of thiocarbonyl (C=S) groups is 1. The summed E-state index contributed by atoms with van der Waals surface area (Å²) in [5.74, 6) is -1.56. The topological polar surface area (TPSA) is 35.2 Å². The first-order valence-electron chi connectivity index (χ1n) is 4.97. The van der Waals surface area contributed by atoms with E-state index in [-0.39, 0.29) is 0 Å². The molecule has 1 unspecified atom stereocenters. The van der Waals surface area contributed by atoms with Gasteiger partial charge < -0.3 is 10.5 Å². The summed E-state index contributed by atoms with van der Waals surface area (Å²) in [6.07, 6.45) is -4.49. The fourth-order valence-electron chi connectivity index (χ4n) is 1.29. The van der Waals surface area contributed by atoms with E-state index in [4.69, 9.17) is 10.5 Å². The molecule has 18 heavy (non-hydrogen) atoms. The van der Waals surface area contributed by atoms with Gasteiger partial charge in [0.2, 0.25) is 0 Å². The van der Waals surface area contributed by atoms with Crippen molar-refractivity contribution in [1.82, 2.24) is 0 Å². The number of rotatable bonds is 4. The highest BCUT2D eigenvalue weighted by molar-refractivity contribution is 9.10. The third-order valence-corrected chi connectivity index (χ3v) is 3.06. The zero-order chi connectivity index (χ0) is 13.9. The average Bonchev–Trinajstić information content (AvgIpc) is 2.18. The highest BCUT2D eigenvalue weighted by Crippen LogP contribution is 2.28. The highest BCUT2D eigenvalue weighted by atomic mass is 79.9. The molecule has 0 aliphatic carbocycles. The van der Waals surface area contributed by atoms with Gasteiger partial charge in [-0.05, 0) is 30.7 Å². The van der Waals surface area contributed by atoms with Gasteiger partial charge in [0.05, 0.1) is 4.99 Å². The molecule has 0 aliphatic rings. The van der Waals surface area contributed by atoms with Crippen LogP contribution in [-0.4, -0.2) is 17.8 Å². The second-order valence-corrected chi connectivity index (χ2v) is 5.10. The van der Waals surface area contributed by atoms with Crippen LogP contribution < -0.4 is 10.5 Å². The number of ether oxygens (including phenoxy) is 1. The van der Waals surface area contributed by atoms with Crippen molar-refractivity contribution in [3.8, 4) is 5.75 Å². The molecule has 0 aliphatic heterocycles. The molecule has 0 fully saturated rings. The van der Waals surface area contributed by atoms with Crippen LogP contribution in [0.5, 0.6) is 5.75 Å². The van der Waals surface area contributed by atoms with E-state index in [9.17, 15) is 13.2 Å². The number of nitrogens with two attached hydrogens (primary N) is 1. The first-order valence-corrected chi connectivity index (χ1v) is 6.17. The van der Waals surface area contributed by atoms with Crippen LogP contribution in [0.1, 0.15) is 5.56 Å². The average molecular weight is 342 g/mol. The Morgan fingerprint density at radius 1 is 1.50 bits per heavy atom. The van der Waals surface area contributed by atoms with Crippen LogP contribution in [-0.2, 0) is 0 Å². The van der Waals surface area contributed by atoms with Crippen LogP contribution in [0, 0.1) is 12.8 Å². The SMILES string of the molecule is Cc1cc(Br)ccc1OCC(C(N)=S)C(F)(F)F. The van der Waals surface area contributed by atoms with E-state index in [2.05, 4.69) is 28.1 Å². The lowest BCUT2D eigenvalue weighted by atomic mass is 10.1. The normalized spacial score (nSPS) is 13.2. The summed E-state index contributed by atoms with van der Waals surface area (Å²) in [4.78, 5) is -0.614. The third-order valence-electron chi connectivity index (χ3n) is 2.28. The summed E-state index contributed by atoms with van der Waals surface area (Å²) in [6.45, 7) is 1.13. The Labute approximate surface area is 116 Å². The molecule has 100 valence electrons. The molecule has 2 N–H and O–H groups in total. The van der Waals surface area contributed by atoms with Gasteiger partial charge >= 0.3 is 6.18 Å². The Morgan fingerprint density at radius 2 is 2.11 bits per heavy atom. The van der Waals surface area contributed by atoms with E-state index >= 15 is 0 Å². The van der Waals surface area contributed by atoms with Gasteiger partial charge in [-0.25, -0.2) is 0 Å². The molecule has 1 rings (SSSR count). The van der Waals surface area contributed by atoms with Crippen molar-refractivity contribution in [3.63, 3.8) is 0 Å². The zero-order valence-electron chi connectivity index (χ0n) is 9.42. The molecule has 7 heteroatoms. The summed E-state index contributed by atoms with van der Waals surface area (Å²) in [7, 11) is 0. The van der Waals surface area contributed by atoms with Crippen LogP contribution >= 0.6 is 28.1 Å². The molecule has 0 bridgehead atoms. The fraction of sp³-hybridized carbons (Fsp3) is 0.364. The summed E-state index contributed by atoms with van der Waals surface area (Å²) in [5, 5.41) is 0. The predicted octanol–water partition coefficient (Wildman–Crippen LogP) is 3.60. The fourth-order valence-corrected chi connectivity index (χ4v) is 1.96. The lowest BCUT2D eigenvalue weighted by molar-refractivity contribution is -0.161. The highest BCUT2D eigenvalue weighted by Gasteiger charge is 2.42. The largest absolute Gasteiger partial charge is 0.492 e. The Bertz CT molecular complexity index is 450. The summed E-state index contributed by atoms with van der Waals surface area (Å²) in [5.41, 5.74) is 5.80. The van der Waals surface area contributed by atoms with E-state index in [0.717, 1.165) is 10.0 Å². The summed E-state index contributed by atoms with van der Waals surface area (Å²) in [6, 6.07) is 5.02. The van der Waals surface area contributed by atoms with Gasteiger partial charge in [0.25, 0.3) is 0 Å². The maximum atomic E-state index is 12.6. The molecule has 1 aromatic carbocycles. The van der Waals surface area contributed by atoms with Gasteiger partial charge in [-0.1, -0.05) is 28.1 Å². The van der Waals surface area contributed by atoms with Gasteiger partial charge in [0.15, 0.2) is 0 Å². The lowest BCUT2D eigenvalue weighted by Crippen LogP contribution is -2.38. The molecule has 0 heterocycles. The smallest absolute Gasteiger partial charge is 0.401 e. The zero-order valence-corrected chi connectivity index (χ0v) is 11.8. The number of aryl methyl sites for hydroxylation is 1. The van der Waals surface area contributed by atoms with E-state index in [1.54, 1.807) is 25.1 Å². The van der Waals surface area contributed by atoms with Gasteiger partial charge in [-0.15, -0.1) is 0 Å². The summed E-state index contributed by atoms with van der Waals surface area (Å²) >= 11 is 7.66. The van der Waals surface area contributed by atoms with Gasteiger partial charge in [-0.3, -0.25) is 0 Å². The van der Waals surface area contributed by atoms with E-state index < -0.39 is 23.7 Å². The molecule has 0 saturated heterocycles. The molecular weight excluding hydrogens is 331 g/mol. The minimum Gasteiger partial charge on any atom is -0.492 e. The van der Waals surface area contributed by atoms with Crippen molar-refractivity contribution < 1.29 is 17.9 Å². The maximum absolute atomic E-state index is 12.6. The van der Waals surface area contributed by atoms with Gasteiger partial charge in [-0.2, -0.15) is 13.2 Å². The van der Waals surface area contributed by atoms with Crippen LogP contribution in [0.25, 0.3) is 0 Å². The van der Waals surface area contributed by atoms with Crippen molar-refractivity contribution in [2.45, 2.75) is 13.1 Å². The molecular formula is C11H11BrF3NOS. The third kappa shape index (κ3) is 4.13. The Hall–Kier alpha value is -0.820. The predicted molar refractivity (Wildman–Crippen MR) is 70.7 cm³/mol. The van der Waals surface area contributed by atoms with Crippen molar-refractivity contribution in [2.24, 2.45) is 11.7 Å². The lowest BCUT2D eigenvalue weighted by Gasteiger charge is -2.20. The first-order chi connectivity index (χ1) is 8.21. The summed E-state index contributed by atoms with van der Waals surface area (Å²) < 4.78 is 43.7. The van der Waals surface area contributed by atoms with Crippen molar-refractivity contribution in [1.29, 1.82) is 0 Å². The molecule has 1 atom stereocenters. The molecule has 0 saturated carbocycles. The molecule has 0 spiro atoms. The van der Waals surface area contributed by atoms with E-state index in [1.807, 2.05) is 0 Å². The monoisotopic (exact) mass is 341 g/mol. The van der Waals surface area contributed by atoms with E-state index in [1.165, 1.54) is 0 Å². The second kappa shape index (κ2) is 5.88. The second-order valence-electron chi connectivity index (χ2n) is 3.72. The van der Waals surface area contributed by atoms with Crippen LogP contribution in [0.15, 0.2) is 22.7 Å². The molecule has 0 radical (unpaired) electrons. The first kappa shape index (κ1) is 15.2. The maximum Gasteiger partial charge on any atom is 0.401 e. The molecule has 0 aromatic heterocycles. The minimum atomic E-state index is -4.49. The van der Waals surface area contributed by atoms with Crippen LogP contribution in [0.3, 0.4) is 0 Å². The van der Waals surface area contributed by atoms with Gasteiger partial charge in [0.1, 0.15) is 18.3 Å². The van der Waals surface area contributed by atoms with Crippen molar-refractivity contribution >= 4 is 33.1 Å². The van der Waals surface area contributed by atoms with Crippen LogP contribution in [0.4, 0.5) is 13.2 Å². The van der Waals surface area contributed by atoms with E-state index in [0.29, 0.717) is 5.75 Å². The number of alkyl halides is 3.